The van der Waals surface area contributed by atoms with E-state index < -0.39 is 11.7 Å². The molecule has 1 aliphatic heterocycles. The maximum absolute atomic E-state index is 11.9. The van der Waals surface area contributed by atoms with Gasteiger partial charge in [-0.2, -0.15) is 13.2 Å². The van der Waals surface area contributed by atoms with Crippen LogP contribution in [-0.4, -0.2) is 18.7 Å². The molecule has 1 amide bonds. The van der Waals surface area contributed by atoms with Gasteiger partial charge in [-0.25, -0.2) is 4.79 Å². The summed E-state index contributed by atoms with van der Waals surface area (Å²) in [5.41, 5.74) is 0.237. The Bertz CT molecular complexity index is 415. The molecule has 19 heavy (non-hydrogen) atoms. The second-order valence-electron chi connectivity index (χ2n) is 4.21. The van der Waals surface area contributed by atoms with Crippen LogP contribution >= 0.6 is 0 Å². The number of carbonyl (C=O) groups is 1. The van der Waals surface area contributed by atoms with Gasteiger partial charge in [0.25, 0.3) is 0 Å². The number of alkyl halides is 3. The Morgan fingerprint density at radius 2 is 1.89 bits per heavy atom. The molecule has 0 bridgehead atoms. The van der Waals surface area contributed by atoms with Gasteiger partial charge in [0, 0.05) is 0 Å². The highest BCUT2D eigenvalue weighted by molar-refractivity contribution is 5.69. The molecule has 1 aromatic rings. The topological polar surface area (TPSA) is 38.3 Å². The Morgan fingerprint density at radius 1 is 1.32 bits per heavy atom. The van der Waals surface area contributed by atoms with Crippen LogP contribution in [0.25, 0.3) is 0 Å². The Balaban J connectivity index is 0.000000200. The van der Waals surface area contributed by atoms with Crippen molar-refractivity contribution in [3.05, 3.63) is 35.4 Å². The number of cyclic esters (lactones) is 1. The molecular weight excluding hydrogens is 259 g/mol. The van der Waals surface area contributed by atoms with Gasteiger partial charge in [0.05, 0.1) is 11.6 Å². The summed E-state index contributed by atoms with van der Waals surface area (Å²) in [5, 5.41) is 2.64. The van der Waals surface area contributed by atoms with Gasteiger partial charge in [-0.05, 0) is 25.5 Å². The van der Waals surface area contributed by atoms with Crippen LogP contribution in [0.5, 0.6) is 0 Å². The quantitative estimate of drug-likeness (QED) is 0.851. The molecule has 1 aromatic carbocycles. The molecule has 0 aliphatic carbocycles. The molecule has 0 aromatic heterocycles. The van der Waals surface area contributed by atoms with Gasteiger partial charge in [0.15, 0.2) is 0 Å². The van der Waals surface area contributed by atoms with Crippen LogP contribution in [0, 0.1) is 6.92 Å². The van der Waals surface area contributed by atoms with Crippen LogP contribution in [0.4, 0.5) is 18.0 Å². The fraction of sp³-hybridized carbons (Fsp3) is 0.462. The van der Waals surface area contributed by atoms with Crippen LogP contribution in [0.3, 0.4) is 0 Å². The summed E-state index contributed by atoms with van der Waals surface area (Å²) >= 11 is 0. The minimum Gasteiger partial charge on any atom is -0.447 e. The maximum Gasteiger partial charge on any atom is 0.416 e. The van der Waals surface area contributed by atoms with E-state index in [1.54, 1.807) is 6.92 Å². The molecule has 1 aliphatic rings. The summed E-state index contributed by atoms with van der Waals surface area (Å²) in [6, 6.07) is 5.30. The fourth-order valence-corrected chi connectivity index (χ4v) is 1.39. The van der Waals surface area contributed by atoms with E-state index in [0.29, 0.717) is 6.61 Å². The minimum atomic E-state index is -4.21. The summed E-state index contributed by atoms with van der Waals surface area (Å²) in [5.74, 6) is 0. The van der Waals surface area contributed by atoms with Crippen LogP contribution in [0.1, 0.15) is 24.5 Å². The molecule has 1 saturated heterocycles. The predicted octanol–water partition coefficient (Wildman–Crippen LogP) is 3.52. The highest BCUT2D eigenvalue weighted by Crippen LogP contribution is 2.28. The standard InChI is InChI=1S/C8H7F3.C5H9NO2/c1-6-2-4-7(5-3-6)8(9,10)11;1-2-4-3-8-5(7)6-4/h2-5H,1H3;4H,2-3H2,1H3,(H,6,7)/t;4-/m.1/s1. The van der Waals surface area contributed by atoms with E-state index in [4.69, 9.17) is 0 Å². The number of benzene rings is 1. The lowest BCUT2D eigenvalue weighted by atomic mass is 10.1. The average molecular weight is 275 g/mol. The summed E-state index contributed by atoms with van der Waals surface area (Å²) in [6.45, 7) is 4.30. The zero-order chi connectivity index (χ0) is 14.5. The number of nitrogens with one attached hydrogen (secondary N) is 1. The molecular formula is C13H16F3NO2. The summed E-state index contributed by atoms with van der Waals surface area (Å²) in [4.78, 5) is 10.3. The van der Waals surface area contributed by atoms with E-state index >= 15 is 0 Å². The fourth-order valence-electron chi connectivity index (χ4n) is 1.39. The zero-order valence-corrected chi connectivity index (χ0v) is 10.8. The lowest BCUT2D eigenvalue weighted by Gasteiger charge is -2.05. The van der Waals surface area contributed by atoms with E-state index in [0.717, 1.165) is 24.1 Å². The zero-order valence-electron chi connectivity index (χ0n) is 10.8. The number of alkyl carbamates (subject to hydrolysis) is 1. The third kappa shape index (κ3) is 5.19. The first-order valence-electron chi connectivity index (χ1n) is 5.90. The largest absolute Gasteiger partial charge is 0.447 e. The average Bonchev–Trinajstić information content (AvgIpc) is 2.75. The van der Waals surface area contributed by atoms with Gasteiger partial charge in [-0.3, -0.25) is 0 Å². The number of halogens is 3. The van der Waals surface area contributed by atoms with Crippen molar-refractivity contribution in [3.8, 4) is 0 Å². The molecule has 2 rings (SSSR count). The third-order valence-corrected chi connectivity index (χ3v) is 2.61. The van der Waals surface area contributed by atoms with E-state index in [1.165, 1.54) is 12.1 Å². The molecule has 0 unspecified atom stereocenters. The monoisotopic (exact) mass is 275 g/mol. The first kappa shape index (κ1) is 15.3. The Hall–Kier alpha value is -1.72. The van der Waals surface area contributed by atoms with Crippen molar-refractivity contribution in [1.29, 1.82) is 0 Å². The van der Waals surface area contributed by atoms with E-state index in [2.05, 4.69) is 10.1 Å². The second-order valence-corrected chi connectivity index (χ2v) is 4.21. The lowest BCUT2D eigenvalue weighted by Crippen LogP contribution is -2.24. The van der Waals surface area contributed by atoms with E-state index in [9.17, 15) is 18.0 Å². The number of ether oxygens (including phenoxy) is 1. The molecule has 1 heterocycles. The van der Waals surface area contributed by atoms with Crippen molar-refractivity contribution < 1.29 is 22.7 Å². The van der Waals surface area contributed by atoms with Gasteiger partial charge in [0.2, 0.25) is 0 Å². The molecule has 1 atom stereocenters. The van der Waals surface area contributed by atoms with Gasteiger partial charge >= 0.3 is 12.3 Å². The smallest absolute Gasteiger partial charge is 0.416 e. The molecule has 106 valence electrons. The number of hydrogen-bond donors (Lipinski definition) is 1. The van der Waals surface area contributed by atoms with Crippen LogP contribution in [-0.2, 0) is 10.9 Å². The van der Waals surface area contributed by atoms with Crippen molar-refractivity contribution in [2.24, 2.45) is 0 Å². The van der Waals surface area contributed by atoms with E-state index in [1.807, 2.05) is 6.92 Å². The predicted molar refractivity (Wildman–Crippen MR) is 64.7 cm³/mol. The van der Waals surface area contributed by atoms with Gasteiger partial charge in [-0.1, -0.05) is 24.6 Å². The molecule has 6 heteroatoms. The normalized spacial score (nSPS) is 18.2. The van der Waals surface area contributed by atoms with Crippen molar-refractivity contribution >= 4 is 6.09 Å². The lowest BCUT2D eigenvalue weighted by molar-refractivity contribution is -0.137. The summed E-state index contributed by atoms with van der Waals surface area (Å²) in [7, 11) is 0. The van der Waals surface area contributed by atoms with Gasteiger partial charge < -0.3 is 10.1 Å². The number of rotatable bonds is 1. The summed E-state index contributed by atoms with van der Waals surface area (Å²) in [6.07, 6.45) is -3.55. The molecule has 1 N–H and O–H groups in total. The van der Waals surface area contributed by atoms with Crippen molar-refractivity contribution in [2.75, 3.05) is 6.61 Å². The van der Waals surface area contributed by atoms with Crippen LogP contribution < -0.4 is 5.32 Å². The third-order valence-electron chi connectivity index (χ3n) is 2.61. The molecule has 0 spiro atoms. The summed E-state index contributed by atoms with van der Waals surface area (Å²) < 4.78 is 40.4. The first-order chi connectivity index (χ1) is 8.82. The number of amides is 1. The Kier molecular flexibility index (Phi) is 5.20. The van der Waals surface area contributed by atoms with Crippen molar-refractivity contribution in [1.82, 2.24) is 5.32 Å². The SMILES string of the molecule is CC[C@@H]1COC(=O)N1.Cc1ccc(C(F)(F)F)cc1. The highest BCUT2D eigenvalue weighted by atomic mass is 19.4. The first-order valence-corrected chi connectivity index (χ1v) is 5.90. The minimum absolute atomic E-state index is 0.252. The Morgan fingerprint density at radius 3 is 2.21 bits per heavy atom. The molecule has 3 nitrogen and oxygen atoms in total. The maximum atomic E-state index is 11.9. The number of carbonyl (C=O) groups excluding carboxylic acids is 1. The molecule has 0 radical (unpaired) electrons. The highest BCUT2D eigenvalue weighted by Gasteiger charge is 2.29. The molecule has 0 saturated carbocycles. The molecule has 1 fully saturated rings. The van der Waals surface area contributed by atoms with E-state index in [-0.39, 0.29) is 12.1 Å². The number of hydrogen-bond acceptors (Lipinski definition) is 2. The van der Waals surface area contributed by atoms with Crippen molar-refractivity contribution in [3.63, 3.8) is 0 Å². The Labute approximate surface area is 109 Å². The number of aryl methyl sites for hydroxylation is 1. The van der Waals surface area contributed by atoms with Crippen LogP contribution in [0.2, 0.25) is 0 Å². The van der Waals surface area contributed by atoms with Crippen molar-refractivity contribution in [2.45, 2.75) is 32.5 Å². The second kappa shape index (κ2) is 6.45. The van der Waals surface area contributed by atoms with Crippen LogP contribution in [0.15, 0.2) is 24.3 Å². The van der Waals surface area contributed by atoms with Gasteiger partial charge in [-0.15, -0.1) is 0 Å². The van der Waals surface area contributed by atoms with Gasteiger partial charge in [0.1, 0.15) is 6.61 Å².